The fourth-order valence-electron chi connectivity index (χ4n) is 2.51. The monoisotopic (exact) mass is 537 g/mol. The standard InChI is InChI=1S/C26H51NO10/c1-3-5-8-27-26(28)37-25-24-36-23-22-35-21-20-34-17-14-31-11-7-6-10-30-13-16-33-19-18-32-15-12-29-9-4-2/h6-7H,3-5,8-25H2,1-2H3,(H,27,28)/b7-6+. The van der Waals surface area contributed by atoms with E-state index in [0.717, 1.165) is 25.9 Å². The smallest absolute Gasteiger partial charge is 0.407 e. The number of rotatable bonds is 30. The summed E-state index contributed by atoms with van der Waals surface area (Å²) in [6.07, 6.45) is 6.43. The molecule has 0 saturated heterocycles. The molecule has 0 saturated carbocycles. The molecule has 220 valence electrons. The SMILES string of the molecule is CCCCNC(=O)OCCOCCOCCOCCOC/C=C/COCCOCCOCCOCCC. The molecule has 1 amide bonds. The molecule has 0 unspecified atom stereocenters. The Balaban J connectivity index is 3.13. The first-order chi connectivity index (χ1) is 18.3. The van der Waals surface area contributed by atoms with Gasteiger partial charge in [-0.15, -0.1) is 0 Å². The normalized spacial score (nSPS) is 11.4. The van der Waals surface area contributed by atoms with Crippen LogP contribution in [0, 0.1) is 0 Å². The molecule has 11 heteroatoms. The summed E-state index contributed by atoms with van der Waals surface area (Å²) in [5, 5.41) is 2.67. The Morgan fingerprint density at radius 1 is 0.514 bits per heavy atom. The Bertz CT molecular complexity index is 482. The van der Waals surface area contributed by atoms with Gasteiger partial charge in [0.15, 0.2) is 0 Å². The number of amides is 1. The molecule has 0 aromatic heterocycles. The van der Waals surface area contributed by atoms with Crippen molar-refractivity contribution in [3.8, 4) is 0 Å². The van der Waals surface area contributed by atoms with E-state index in [1.54, 1.807) is 0 Å². The maximum absolute atomic E-state index is 11.3. The molecular formula is C26H51NO10. The van der Waals surface area contributed by atoms with Gasteiger partial charge in [0.2, 0.25) is 0 Å². The van der Waals surface area contributed by atoms with Gasteiger partial charge in [0.05, 0.1) is 99.1 Å². The molecule has 11 nitrogen and oxygen atoms in total. The molecule has 0 aliphatic heterocycles. The van der Waals surface area contributed by atoms with Crippen molar-refractivity contribution in [3.05, 3.63) is 12.2 Å². The topological polar surface area (TPSA) is 112 Å². The second-order valence-electron chi connectivity index (χ2n) is 7.71. The van der Waals surface area contributed by atoms with Crippen LogP contribution in [0.25, 0.3) is 0 Å². The van der Waals surface area contributed by atoms with Crippen molar-refractivity contribution in [1.82, 2.24) is 5.32 Å². The second kappa shape index (κ2) is 32.7. The molecule has 0 radical (unpaired) electrons. The molecule has 0 fully saturated rings. The highest BCUT2D eigenvalue weighted by Gasteiger charge is 2.00. The number of ether oxygens (including phenoxy) is 9. The predicted molar refractivity (Wildman–Crippen MR) is 140 cm³/mol. The van der Waals surface area contributed by atoms with Crippen molar-refractivity contribution in [1.29, 1.82) is 0 Å². The Morgan fingerprint density at radius 2 is 0.892 bits per heavy atom. The highest BCUT2D eigenvalue weighted by Crippen LogP contribution is 1.88. The van der Waals surface area contributed by atoms with Crippen molar-refractivity contribution in [2.45, 2.75) is 33.1 Å². The zero-order valence-electron chi connectivity index (χ0n) is 23.1. The Kier molecular flexibility index (Phi) is 31.6. The van der Waals surface area contributed by atoms with E-state index in [1.165, 1.54) is 0 Å². The molecule has 1 N–H and O–H groups in total. The molecule has 0 aromatic rings. The minimum atomic E-state index is -0.404. The average molecular weight is 538 g/mol. The van der Waals surface area contributed by atoms with Gasteiger partial charge in [-0.1, -0.05) is 32.4 Å². The molecule has 0 rings (SSSR count). The molecule has 0 bridgehead atoms. The lowest BCUT2D eigenvalue weighted by atomic mass is 10.3. The average Bonchev–Trinajstić information content (AvgIpc) is 2.90. The van der Waals surface area contributed by atoms with Crippen LogP contribution in [0.2, 0.25) is 0 Å². The molecule has 0 aliphatic carbocycles. The van der Waals surface area contributed by atoms with E-state index < -0.39 is 6.09 Å². The van der Waals surface area contributed by atoms with Gasteiger partial charge in [-0.2, -0.15) is 0 Å². The highest BCUT2D eigenvalue weighted by atomic mass is 16.6. The van der Waals surface area contributed by atoms with Gasteiger partial charge < -0.3 is 47.9 Å². The lowest BCUT2D eigenvalue weighted by Crippen LogP contribution is -2.26. The van der Waals surface area contributed by atoms with E-state index in [-0.39, 0.29) is 6.61 Å². The molecule has 0 aromatic carbocycles. The highest BCUT2D eigenvalue weighted by molar-refractivity contribution is 5.66. The fraction of sp³-hybridized carbons (Fsp3) is 0.885. The predicted octanol–water partition coefficient (Wildman–Crippen LogP) is 2.61. The Labute approximate surface area is 223 Å². The number of carbonyl (C=O) groups excluding carboxylic acids is 1. The fourth-order valence-corrected chi connectivity index (χ4v) is 2.51. The lowest BCUT2D eigenvalue weighted by Gasteiger charge is -2.08. The molecule has 0 atom stereocenters. The third kappa shape index (κ3) is 32.7. The van der Waals surface area contributed by atoms with Gasteiger partial charge in [0.1, 0.15) is 6.61 Å². The minimum absolute atomic E-state index is 0.227. The van der Waals surface area contributed by atoms with Crippen LogP contribution < -0.4 is 5.32 Å². The van der Waals surface area contributed by atoms with Crippen LogP contribution in [0.3, 0.4) is 0 Å². The van der Waals surface area contributed by atoms with Crippen LogP contribution in [0.15, 0.2) is 12.2 Å². The van der Waals surface area contributed by atoms with Crippen molar-refractivity contribution < 1.29 is 47.4 Å². The van der Waals surface area contributed by atoms with Gasteiger partial charge in [0.25, 0.3) is 0 Å². The number of nitrogens with one attached hydrogen (secondary N) is 1. The number of hydrogen-bond acceptors (Lipinski definition) is 10. The maximum atomic E-state index is 11.3. The largest absolute Gasteiger partial charge is 0.447 e. The summed E-state index contributed by atoms with van der Waals surface area (Å²) in [6.45, 7) is 13.5. The van der Waals surface area contributed by atoms with E-state index in [2.05, 4.69) is 19.2 Å². The number of unbranched alkanes of at least 4 members (excludes halogenated alkanes) is 1. The van der Waals surface area contributed by atoms with Crippen molar-refractivity contribution in [2.24, 2.45) is 0 Å². The molecular weight excluding hydrogens is 486 g/mol. The van der Waals surface area contributed by atoms with Crippen LogP contribution >= 0.6 is 0 Å². The number of hydrogen-bond donors (Lipinski definition) is 1. The molecule has 37 heavy (non-hydrogen) atoms. The first kappa shape index (κ1) is 35.7. The van der Waals surface area contributed by atoms with Gasteiger partial charge in [-0.05, 0) is 12.8 Å². The third-order valence-electron chi connectivity index (χ3n) is 4.44. The summed E-state index contributed by atoms with van der Waals surface area (Å²) in [6, 6.07) is 0. The van der Waals surface area contributed by atoms with Crippen molar-refractivity contribution >= 4 is 6.09 Å². The quantitative estimate of drug-likeness (QED) is 0.108. The van der Waals surface area contributed by atoms with Crippen molar-refractivity contribution in [3.63, 3.8) is 0 Å². The van der Waals surface area contributed by atoms with Gasteiger partial charge in [0, 0.05) is 13.2 Å². The molecule has 0 heterocycles. The number of carbonyl (C=O) groups is 1. The molecule has 0 aliphatic rings. The summed E-state index contributed by atoms with van der Waals surface area (Å²) >= 11 is 0. The van der Waals surface area contributed by atoms with Crippen molar-refractivity contribution in [2.75, 3.05) is 119 Å². The van der Waals surface area contributed by atoms with E-state index in [0.29, 0.717) is 106 Å². The van der Waals surface area contributed by atoms with E-state index >= 15 is 0 Å². The van der Waals surface area contributed by atoms with Gasteiger partial charge in [-0.3, -0.25) is 0 Å². The summed E-state index contributed by atoms with van der Waals surface area (Å²) in [5.74, 6) is 0. The molecule has 0 spiro atoms. The van der Waals surface area contributed by atoms with Crippen LogP contribution in [0.5, 0.6) is 0 Å². The lowest BCUT2D eigenvalue weighted by molar-refractivity contribution is -0.00448. The summed E-state index contributed by atoms with van der Waals surface area (Å²) in [7, 11) is 0. The zero-order chi connectivity index (χ0) is 26.9. The van der Waals surface area contributed by atoms with E-state index in [1.807, 2.05) is 12.2 Å². The Hall–Kier alpha value is -1.31. The maximum Gasteiger partial charge on any atom is 0.407 e. The first-order valence-electron chi connectivity index (χ1n) is 13.5. The van der Waals surface area contributed by atoms with Crippen LogP contribution in [-0.2, 0) is 42.6 Å². The van der Waals surface area contributed by atoms with Gasteiger partial charge >= 0.3 is 6.09 Å². The summed E-state index contributed by atoms with van der Waals surface area (Å²) in [5.41, 5.74) is 0. The zero-order valence-corrected chi connectivity index (χ0v) is 23.1. The third-order valence-corrected chi connectivity index (χ3v) is 4.44. The second-order valence-corrected chi connectivity index (χ2v) is 7.71. The first-order valence-corrected chi connectivity index (χ1v) is 13.5. The minimum Gasteiger partial charge on any atom is -0.447 e. The van der Waals surface area contributed by atoms with E-state index in [4.69, 9.17) is 42.6 Å². The van der Waals surface area contributed by atoms with Gasteiger partial charge in [-0.25, -0.2) is 4.79 Å². The number of alkyl carbamates (subject to hydrolysis) is 1. The van der Waals surface area contributed by atoms with Crippen LogP contribution in [-0.4, -0.2) is 125 Å². The van der Waals surface area contributed by atoms with Crippen LogP contribution in [0.4, 0.5) is 4.79 Å². The summed E-state index contributed by atoms with van der Waals surface area (Å²) < 4.78 is 48.2. The van der Waals surface area contributed by atoms with Crippen LogP contribution in [0.1, 0.15) is 33.1 Å². The summed E-state index contributed by atoms with van der Waals surface area (Å²) in [4.78, 5) is 11.3. The Morgan fingerprint density at radius 3 is 1.30 bits per heavy atom. The van der Waals surface area contributed by atoms with E-state index in [9.17, 15) is 4.79 Å².